The number of sulfonamides is 1. The fourth-order valence-electron chi connectivity index (χ4n) is 3.03. The zero-order valence-electron chi connectivity index (χ0n) is 11.8. The van der Waals surface area contributed by atoms with Crippen LogP contribution < -0.4 is 5.32 Å². The molecule has 120 valence electrons. The Labute approximate surface area is 135 Å². The van der Waals surface area contributed by atoms with Gasteiger partial charge in [0.15, 0.2) is 0 Å². The maximum absolute atomic E-state index is 13.3. The fourth-order valence-corrected chi connectivity index (χ4v) is 4.56. The minimum atomic E-state index is -3.68. The molecular weight excluding hydrogens is 329 g/mol. The Morgan fingerprint density at radius 2 is 2.00 bits per heavy atom. The molecule has 2 bridgehead atoms. The van der Waals surface area contributed by atoms with Gasteiger partial charge in [0.2, 0.25) is 10.0 Å². The van der Waals surface area contributed by atoms with E-state index in [2.05, 4.69) is 5.32 Å². The highest BCUT2D eigenvalue weighted by Gasteiger charge is 2.35. The van der Waals surface area contributed by atoms with Crippen molar-refractivity contribution in [1.29, 1.82) is 5.26 Å². The number of hydrogen-bond acceptors (Lipinski definition) is 4. The fraction of sp³-hybridized carbons (Fsp3) is 0.500. The number of nitrogens with zero attached hydrogens (tertiary/aromatic N) is 2. The van der Waals surface area contributed by atoms with Gasteiger partial charge in [0.05, 0.1) is 10.5 Å². The average Bonchev–Trinajstić information content (AvgIpc) is 2.77. The van der Waals surface area contributed by atoms with Crippen LogP contribution in [0.1, 0.15) is 24.8 Å². The van der Waals surface area contributed by atoms with Crippen molar-refractivity contribution in [2.75, 3.05) is 13.1 Å². The van der Waals surface area contributed by atoms with Gasteiger partial charge in [-0.25, -0.2) is 12.8 Å². The molecule has 1 aromatic rings. The average molecular weight is 346 g/mol. The summed E-state index contributed by atoms with van der Waals surface area (Å²) >= 11 is 0. The number of nitriles is 1. The summed E-state index contributed by atoms with van der Waals surface area (Å²) in [5, 5.41) is 12.3. The Bertz CT molecular complexity index is 705. The summed E-state index contributed by atoms with van der Waals surface area (Å²) in [4.78, 5) is -0.0155. The molecule has 22 heavy (non-hydrogen) atoms. The zero-order valence-corrected chi connectivity index (χ0v) is 13.5. The van der Waals surface area contributed by atoms with Crippen molar-refractivity contribution >= 4 is 22.4 Å². The van der Waals surface area contributed by atoms with E-state index in [4.69, 9.17) is 5.26 Å². The van der Waals surface area contributed by atoms with E-state index >= 15 is 0 Å². The highest BCUT2D eigenvalue weighted by atomic mass is 35.5. The first-order valence-corrected chi connectivity index (χ1v) is 8.40. The van der Waals surface area contributed by atoms with Crippen LogP contribution in [0.4, 0.5) is 4.39 Å². The molecule has 2 unspecified atom stereocenters. The summed E-state index contributed by atoms with van der Waals surface area (Å²) in [6.07, 6.45) is 2.85. The first kappa shape index (κ1) is 17.2. The lowest BCUT2D eigenvalue weighted by Crippen LogP contribution is -2.39. The molecule has 3 rings (SSSR count). The van der Waals surface area contributed by atoms with Gasteiger partial charge in [0, 0.05) is 25.2 Å². The van der Waals surface area contributed by atoms with Crippen LogP contribution in [0, 0.1) is 17.1 Å². The van der Waals surface area contributed by atoms with Crippen molar-refractivity contribution < 1.29 is 12.8 Å². The van der Waals surface area contributed by atoms with E-state index in [0.29, 0.717) is 19.1 Å². The maximum atomic E-state index is 13.3. The topological polar surface area (TPSA) is 73.2 Å². The lowest BCUT2D eigenvalue weighted by molar-refractivity contribution is 0.383. The third-order valence-corrected chi connectivity index (χ3v) is 6.04. The summed E-state index contributed by atoms with van der Waals surface area (Å²) in [5.41, 5.74) is -0.245. The lowest BCUT2D eigenvalue weighted by atomic mass is 10.1. The van der Waals surface area contributed by atoms with Gasteiger partial charge >= 0.3 is 0 Å². The molecular formula is C14H17ClFN3O2S. The highest BCUT2D eigenvalue weighted by Crippen LogP contribution is 2.25. The van der Waals surface area contributed by atoms with Crippen molar-refractivity contribution in [2.45, 2.75) is 36.2 Å². The van der Waals surface area contributed by atoms with Crippen molar-refractivity contribution in [3.8, 4) is 6.07 Å². The minimum Gasteiger partial charge on any atom is -0.310 e. The molecule has 0 amide bonds. The third-order valence-electron chi connectivity index (χ3n) is 4.18. The minimum absolute atomic E-state index is 0. The van der Waals surface area contributed by atoms with Crippen LogP contribution in [0.25, 0.3) is 0 Å². The smallest absolute Gasteiger partial charge is 0.243 e. The molecule has 8 heteroatoms. The van der Waals surface area contributed by atoms with Gasteiger partial charge in [0.1, 0.15) is 11.9 Å². The molecule has 2 atom stereocenters. The second kappa shape index (κ2) is 6.50. The molecule has 5 nitrogen and oxygen atoms in total. The van der Waals surface area contributed by atoms with Crippen molar-refractivity contribution in [1.82, 2.24) is 9.62 Å². The normalized spacial score (nSPS) is 25.1. The predicted octanol–water partition coefficient (Wildman–Crippen LogP) is 1.63. The quantitative estimate of drug-likeness (QED) is 0.884. The first-order valence-electron chi connectivity index (χ1n) is 6.96. The van der Waals surface area contributed by atoms with E-state index < -0.39 is 15.8 Å². The van der Waals surface area contributed by atoms with Crippen LogP contribution in [-0.4, -0.2) is 37.9 Å². The molecule has 1 N–H and O–H groups in total. The Morgan fingerprint density at radius 1 is 1.27 bits per heavy atom. The predicted molar refractivity (Wildman–Crippen MR) is 81.7 cm³/mol. The molecule has 0 spiro atoms. The Hall–Kier alpha value is -1.20. The summed E-state index contributed by atoms with van der Waals surface area (Å²) in [7, 11) is -3.68. The molecule has 1 aromatic carbocycles. The van der Waals surface area contributed by atoms with Crippen LogP contribution in [0.2, 0.25) is 0 Å². The van der Waals surface area contributed by atoms with Crippen LogP contribution >= 0.6 is 12.4 Å². The first-order chi connectivity index (χ1) is 10.0. The monoisotopic (exact) mass is 345 g/mol. The summed E-state index contributed by atoms with van der Waals surface area (Å²) in [6.45, 7) is 0.883. The molecule has 0 radical (unpaired) electrons. The number of fused-ring (bicyclic) bond motifs is 2. The van der Waals surface area contributed by atoms with E-state index in [1.807, 2.05) is 0 Å². The molecule has 2 saturated heterocycles. The van der Waals surface area contributed by atoms with Gasteiger partial charge in [-0.1, -0.05) is 0 Å². The van der Waals surface area contributed by atoms with E-state index in [0.717, 1.165) is 31.4 Å². The van der Waals surface area contributed by atoms with Gasteiger partial charge in [-0.05, 0) is 37.5 Å². The molecule has 0 aromatic heterocycles. The number of benzene rings is 1. The van der Waals surface area contributed by atoms with E-state index in [1.54, 1.807) is 6.07 Å². The van der Waals surface area contributed by atoms with E-state index in [-0.39, 0.29) is 28.9 Å². The van der Waals surface area contributed by atoms with Gasteiger partial charge in [-0.15, -0.1) is 12.4 Å². The van der Waals surface area contributed by atoms with Crippen LogP contribution in [-0.2, 0) is 10.0 Å². The molecule has 2 fully saturated rings. The second-order valence-electron chi connectivity index (χ2n) is 5.54. The Morgan fingerprint density at radius 3 is 2.73 bits per heavy atom. The zero-order chi connectivity index (χ0) is 15.0. The standard InChI is InChI=1S/C14H16FN3O2S.ClH/c15-14-4-3-13(7-10(14)8-16)21(19,20)18-6-5-11-1-2-12(9-18)17-11;/h3-4,7,11-12,17H,1-2,5-6,9H2;1H. The molecule has 2 aliphatic heterocycles. The van der Waals surface area contributed by atoms with Crippen LogP contribution in [0.15, 0.2) is 23.1 Å². The summed E-state index contributed by atoms with van der Waals surface area (Å²) < 4.78 is 40.1. The summed E-state index contributed by atoms with van der Waals surface area (Å²) in [5.74, 6) is -0.701. The Balaban J connectivity index is 0.00000176. The highest BCUT2D eigenvalue weighted by molar-refractivity contribution is 7.89. The number of halogens is 2. The molecule has 2 aliphatic rings. The number of rotatable bonds is 2. The van der Waals surface area contributed by atoms with Gasteiger partial charge in [0.25, 0.3) is 0 Å². The largest absolute Gasteiger partial charge is 0.310 e. The number of nitrogens with one attached hydrogen (secondary N) is 1. The third kappa shape index (κ3) is 3.10. The van der Waals surface area contributed by atoms with Crippen molar-refractivity contribution in [3.05, 3.63) is 29.6 Å². The molecule has 2 heterocycles. The van der Waals surface area contributed by atoms with E-state index in [1.165, 1.54) is 10.4 Å². The van der Waals surface area contributed by atoms with Crippen LogP contribution in [0.5, 0.6) is 0 Å². The van der Waals surface area contributed by atoms with Gasteiger partial charge in [-0.2, -0.15) is 9.57 Å². The van der Waals surface area contributed by atoms with Crippen molar-refractivity contribution in [2.24, 2.45) is 0 Å². The Kier molecular flexibility index (Phi) is 5.07. The van der Waals surface area contributed by atoms with Gasteiger partial charge in [-0.3, -0.25) is 0 Å². The van der Waals surface area contributed by atoms with Gasteiger partial charge < -0.3 is 5.32 Å². The second-order valence-corrected chi connectivity index (χ2v) is 7.48. The SMILES string of the molecule is Cl.N#Cc1cc(S(=O)(=O)N2CCC3CCC(C2)N3)ccc1F. The maximum Gasteiger partial charge on any atom is 0.243 e. The van der Waals surface area contributed by atoms with E-state index in [9.17, 15) is 12.8 Å². The molecule has 0 aliphatic carbocycles. The lowest BCUT2D eigenvalue weighted by Gasteiger charge is -2.23. The summed E-state index contributed by atoms with van der Waals surface area (Å²) in [6, 6.07) is 5.62. The van der Waals surface area contributed by atoms with Crippen molar-refractivity contribution in [3.63, 3.8) is 0 Å². The molecule has 0 saturated carbocycles. The van der Waals surface area contributed by atoms with Crippen LogP contribution in [0.3, 0.4) is 0 Å². The number of hydrogen-bond donors (Lipinski definition) is 1.